The fourth-order valence-corrected chi connectivity index (χ4v) is 4.56. The lowest BCUT2D eigenvalue weighted by Crippen LogP contribution is -2.20. The molecule has 0 saturated carbocycles. The molecule has 28 heavy (non-hydrogen) atoms. The Bertz CT molecular complexity index is 663. The first kappa shape index (κ1) is 21.3. The van der Waals surface area contributed by atoms with E-state index in [9.17, 15) is 0 Å². The highest BCUT2D eigenvalue weighted by Gasteiger charge is 2.11. The SMILES string of the molecule is COc1ccc(-c2nc(COCCCCCCC3CCCCNC3)cs2)cc1. The molecule has 1 aromatic heterocycles. The molecule has 1 unspecified atom stereocenters. The van der Waals surface area contributed by atoms with Crippen LogP contribution in [0.15, 0.2) is 29.6 Å². The second kappa shape index (κ2) is 12.2. The lowest BCUT2D eigenvalue weighted by atomic mass is 9.96. The van der Waals surface area contributed by atoms with Gasteiger partial charge in [0.2, 0.25) is 0 Å². The molecule has 4 nitrogen and oxygen atoms in total. The first-order valence-electron chi connectivity index (χ1n) is 10.7. The van der Waals surface area contributed by atoms with Crippen molar-refractivity contribution in [3.05, 3.63) is 35.3 Å². The fraction of sp³-hybridized carbons (Fsp3) is 0.609. The van der Waals surface area contributed by atoms with E-state index in [2.05, 4.69) is 15.7 Å². The molecule has 2 aromatic rings. The average Bonchev–Trinajstić information content (AvgIpc) is 3.05. The van der Waals surface area contributed by atoms with Crippen molar-refractivity contribution in [3.8, 4) is 16.3 Å². The summed E-state index contributed by atoms with van der Waals surface area (Å²) in [5.41, 5.74) is 2.15. The van der Waals surface area contributed by atoms with Gasteiger partial charge in [0.1, 0.15) is 10.8 Å². The number of nitrogens with zero attached hydrogens (tertiary/aromatic N) is 1. The van der Waals surface area contributed by atoms with Crippen molar-refractivity contribution in [1.82, 2.24) is 10.3 Å². The molecule has 154 valence electrons. The molecule has 2 heterocycles. The van der Waals surface area contributed by atoms with E-state index >= 15 is 0 Å². The standard InChI is InChI=1S/C23H34N2O2S/c1-26-22-12-10-20(11-13-22)23-25-21(18-28-23)17-27-15-7-3-2-4-8-19-9-5-6-14-24-16-19/h10-13,18-19,24H,2-9,14-17H2,1H3. The van der Waals surface area contributed by atoms with Gasteiger partial charge in [0.05, 0.1) is 19.4 Å². The molecular weight excluding hydrogens is 368 g/mol. The molecule has 0 amide bonds. The van der Waals surface area contributed by atoms with Crippen LogP contribution in [0.3, 0.4) is 0 Å². The predicted molar refractivity (Wildman–Crippen MR) is 117 cm³/mol. The molecular formula is C23H34N2O2S. The van der Waals surface area contributed by atoms with Gasteiger partial charge >= 0.3 is 0 Å². The Balaban J connectivity index is 1.25. The number of rotatable bonds is 11. The molecule has 3 rings (SSSR count). The lowest BCUT2D eigenvalue weighted by molar-refractivity contribution is 0.114. The highest BCUT2D eigenvalue weighted by atomic mass is 32.1. The summed E-state index contributed by atoms with van der Waals surface area (Å²) in [7, 11) is 1.68. The van der Waals surface area contributed by atoms with Crippen LogP contribution in [0.4, 0.5) is 0 Å². The topological polar surface area (TPSA) is 43.4 Å². The van der Waals surface area contributed by atoms with Crippen LogP contribution in [0, 0.1) is 5.92 Å². The first-order chi connectivity index (χ1) is 13.8. The first-order valence-corrected chi connectivity index (χ1v) is 11.6. The van der Waals surface area contributed by atoms with Crippen molar-refractivity contribution in [2.75, 3.05) is 26.8 Å². The van der Waals surface area contributed by atoms with Crippen LogP contribution in [-0.4, -0.2) is 31.8 Å². The molecule has 1 aliphatic heterocycles. The fourth-order valence-electron chi connectivity index (χ4n) is 3.74. The van der Waals surface area contributed by atoms with Crippen molar-refractivity contribution < 1.29 is 9.47 Å². The normalized spacial score (nSPS) is 17.4. The van der Waals surface area contributed by atoms with Crippen LogP contribution in [0.1, 0.15) is 57.1 Å². The van der Waals surface area contributed by atoms with E-state index in [1.165, 1.54) is 58.0 Å². The van der Waals surface area contributed by atoms with Crippen molar-refractivity contribution in [2.24, 2.45) is 5.92 Å². The van der Waals surface area contributed by atoms with E-state index < -0.39 is 0 Å². The summed E-state index contributed by atoms with van der Waals surface area (Å²) in [4.78, 5) is 4.69. The zero-order valence-electron chi connectivity index (χ0n) is 17.1. The Kier molecular flexibility index (Phi) is 9.27. The smallest absolute Gasteiger partial charge is 0.123 e. The summed E-state index contributed by atoms with van der Waals surface area (Å²) < 4.78 is 11.0. The summed E-state index contributed by atoms with van der Waals surface area (Å²) in [6, 6.07) is 8.04. The summed E-state index contributed by atoms with van der Waals surface area (Å²) >= 11 is 1.67. The maximum absolute atomic E-state index is 5.83. The zero-order chi connectivity index (χ0) is 19.4. The van der Waals surface area contributed by atoms with Crippen molar-refractivity contribution in [1.29, 1.82) is 0 Å². The van der Waals surface area contributed by atoms with Crippen LogP contribution >= 0.6 is 11.3 Å². The quantitative estimate of drug-likeness (QED) is 0.491. The summed E-state index contributed by atoms with van der Waals surface area (Å²) in [6.07, 6.45) is 10.7. The van der Waals surface area contributed by atoms with E-state index in [1.54, 1.807) is 18.4 Å². The van der Waals surface area contributed by atoms with Gasteiger partial charge in [-0.2, -0.15) is 0 Å². The second-order valence-corrected chi connectivity index (χ2v) is 8.55. The molecule has 1 aromatic carbocycles. The van der Waals surface area contributed by atoms with Crippen molar-refractivity contribution in [2.45, 2.75) is 58.0 Å². The van der Waals surface area contributed by atoms with Crippen molar-refractivity contribution in [3.63, 3.8) is 0 Å². The number of unbranched alkanes of at least 4 members (excludes halogenated alkanes) is 3. The van der Waals surface area contributed by atoms with Crippen LogP contribution in [0.5, 0.6) is 5.75 Å². The minimum Gasteiger partial charge on any atom is -0.497 e. The molecule has 0 radical (unpaired) electrons. The minimum absolute atomic E-state index is 0.612. The molecule has 5 heteroatoms. The summed E-state index contributed by atoms with van der Waals surface area (Å²) in [5.74, 6) is 1.78. The largest absolute Gasteiger partial charge is 0.497 e. The number of hydrogen-bond acceptors (Lipinski definition) is 5. The van der Waals surface area contributed by atoms with Gasteiger partial charge in [-0.1, -0.05) is 25.7 Å². The van der Waals surface area contributed by atoms with Gasteiger partial charge in [0, 0.05) is 17.6 Å². The number of benzene rings is 1. The Morgan fingerprint density at radius 2 is 1.96 bits per heavy atom. The molecule has 0 aliphatic carbocycles. The van der Waals surface area contributed by atoms with E-state index in [4.69, 9.17) is 9.47 Å². The summed E-state index contributed by atoms with van der Waals surface area (Å²) in [5, 5.41) is 6.70. The molecule has 1 saturated heterocycles. The zero-order valence-corrected chi connectivity index (χ0v) is 17.9. The van der Waals surface area contributed by atoms with Crippen LogP contribution < -0.4 is 10.1 Å². The van der Waals surface area contributed by atoms with E-state index in [0.29, 0.717) is 6.61 Å². The van der Waals surface area contributed by atoms with Crippen LogP contribution in [0.2, 0.25) is 0 Å². The molecule has 1 fully saturated rings. The predicted octanol–water partition coefficient (Wildman–Crippen LogP) is 5.68. The van der Waals surface area contributed by atoms with Crippen molar-refractivity contribution >= 4 is 11.3 Å². The second-order valence-electron chi connectivity index (χ2n) is 7.69. The van der Waals surface area contributed by atoms with E-state index in [1.807, 2.05) is 24.3 Å². The molecule has 1 N–H and O–H groups in total. The number of nitrogens with one attached hydrogen (secondary N) is 1. The number of ether oxygens (including phenoxy) is 2. The third kappa shape index (κ3) is 7.19. The lowest BCUT2D eigenvalue weighted by Gasteiger charge is -2.13. The van der Waals surface area contributed by atoms with Gasteiger partial charge < -0.3 is 14.8 Å². The number of aromatic nitrogens is 1. The Hall–Kier alpha value is -1.43. The minimum atomic E-state index is 0.612. The molecule has 1 atom stereocenters. The van der Waals surface area contributed by atoms with Gasteiger partial charge in [-0.25, -0.2) is 4.98 Å². The molecule has 1 aliphatic rings. The Morgan fingerprint density at radius 3 is 2.82 bits per heavy atom. The maximum Gasteiger partial charge on any atom is 0.123 e. The maximum atomic E-state index is 5.83. The van der Waals surface area contributed by atoms with Gasteiger partial charge in [0.15, 0.2) is 0 Å². The Labute approximate surface area is 173 Å². The number of methoxy groups -OCH3 is 1. The van der Waals surface area contributed by atoms with Gasteiger partial charge in [-0.3, -0.25) is 0 Å². The number of hydrogen-bond donors (Lipinski definition) is 1. The molecule has 0 spiro atoms. The third-order valence-electron chi connectivity index (χ3n) is 5.44. The van der Waals surface area contributed by atoms with Crippen LogP contribution in [-0.2, 0) is 11.3 Å². The van der Waals surface area contributed by atoms with E-state index in [-0.39, 0.29) is 0 Å². The summed E-state index contributed by atoms with van der Waals surface area (Å²) in [6.45, 7) is 3.89. The van der Waals surface area contributed by atoms with Crippen LogP contribution in [0.25, 0.3) is 10.6 Å². The van der Waals surface area contributed by atoms with Gasteiger partial charge in [-0.15, -0.1) is 11.3 Å². The highest BCUT2D eigenvalue weighted by molar-refractivity contribution is 7.13. The monoisotopic (exact) mass is 402 g/mol. The van der Waals surface area contributed by atoms with Gasteiger partial charge in [-0.05, 0) is 69.0 Å². The Morgan fingerprint density at radius 1 is 1.11 bits per heavy atom. The third-order valence-corrected chi connectivity index (χ3v) is 6.38. The molecule has 0 bridgehead atoms. The average molecular weight is 403 g/mol. The van der Waals surface area contributed by atoms with E-state index in [0.717, 1.165) is 41.0 Å². The highest BCUT2D eigenvalue weighted by Crippen LogP contribution is 2.26. The number of thiazole rings is 1. The van der Waals surface area contributed by atoms with Gasteiger partial charge in [0.25, 0.3) is 0 Å².